The number of alkyl halides is 1. The maximum atomic E-state index is 3.78. The average molecular weight is 309 g/mol. The zero-order valence-electron chi connectivity index (χ0n) is 10.1. The van der Waals surface area contributed by atoms with Gasteiger partial charge in [0.05, 0.1) is 0 Å². The van der Waals surface area contributed by atoms with Crippen LogP contribution in [0.1, 0.15) is 47.5 Å². The maximum Gasteiger partial charge on any atom is 0.0396 e. The molecule has 3 unspecified atom stereocenters. The lowest BCUT2D eigenvalue weighted by molar-refractivity contribution is 0.209. The topological polar surface area (TPSA) is 12.0 Å². The summed E-state index contributed by atoms with van der Waals surface area (Å²) in [5.41, 5.74) is 0. The van der Waals surface area contributed by atoms with Crippen molar-refractivity contribution in [3.8, 4) is 0 Å². The fourth-order valence-corrected chi connectivity index (χ4v) is 2.94. The number of halogens is 1. The summed E-state index contributed by atoms with van der Waals surface area (Å²) < 4.78 is 0.461. The minimum absolute atomic E-state index is 0.461. The summed E-state index contributed by atoms with van der Waals surface area (Å²) >= 11 is 2.68. The SMILES string of the molecule is CC(C)C1CCC(I)(C(C)C)C(C)N1. The van der Waals surface area contributed by atoms with Crippen molar-refractivity contribution < 1.29 is 0 Å². The predicted molar refractivity (Wildman–Crippen MR) is 72.0 cm³/mol. The van der Waals surface area contributed by atoms with Crippen LogP contribution in [0.3, 0.4) is 0 Å². The summed E-state index contributed by atoms with van der Waals surface area (Å²) in [6.07, 6.45) is 2.70. The molecule has 0 aromatic carbocycles. The summed E-state index contributed by atoms with van der Waals surface area (Å²) in [5, 5.41) is 3.78. The van der Waals surface area contributed by atoms with Crippen LogP contribution < -0.4 is 5.32 Å². The Kier molecular flexibility index (Phi) is 4.27. The van der Waals surface area contributed by atoms with Crippen LogP contribution in [0.4, 0.5) is 0 Å². The van der Waals surface area contributed by atoms with Crippen molar-refractivity contribution >= 4 is 22.6 Å². The Bertz CT molecular complexity index is 191. The van der Waals surface area contributed by atoms with Gasteiger partial charge in [-0.15, -0.1) is 0 Å². The van der Waals surface area contributed by atoms with Crippen molar-refractivity contribution in [3.63, 3.8) is 0 Å². The van der Waals surface area contributed by atoms with E-state index in [0.29, 0.717) is 9.46 Å². The van der Waals surface area contributed by atoms with Crippen LogP contribution >= 0.6 is 22.6 Å². The van der Waals surface area contributed by atoms with E-state index in [-0.39, 0.29) is 0 Å². The van der Waals surface area contributed by atoms with Crippen LogP contribution in [0, 0.1) is 11.8 Å². The van der Waals surface area contributed by atoms with Crippen molar-refractivity contribution in [2.45, 2.75) is 63.0 Å². The van der Waals surface area contributed by atoms with Crippen LogP contribution in [0.15, 0.2) is 0 Å². The van der Waals surface area contributed by atoms with Gasteiger partial charge < -0.3 is 5.32 Å². The first-order valence-electron chi connectivity index (χ1n) is 5.83. The molecule has 0 aromatic heterocycles. The lowest BCUT2D eigenvalue weighted by Crippen LogP contribution is -2.57. The molecular formula is C12H24IN. The Hall–Kier alpha value is 0.690. The van der Waals surface area contributed by atoms with E-state index in [0.717, 1.165) is 17.9 Å². The summed E-state index contributed by atoms with van der Waals surface area (Å²) in [6.45, 7) is 11.7. The molecule has 2 heteroatoms. The van der Waals surface area contributed by atoms with E-state index in [9.17, 15) is 0 Å². The van der Waals surface area contributed by atoms with Gasteiger partial charge in [0.15, 0.2) is 0 Å². The highest BCUT2D eigenvalue weighted by atomic mass is 127. The summed E-state index contributed by atoms with van der Waals surface area (Å²) in [7, 11) is 0. The van der Waals surface area contributed by atoms with E-state index < -0.39 is 0 Å². The molecule has 0 aromatic rings. The van der Waals surface area contributed by atoms with Gasteiger partial charge in [-0.05, 0) is 31.6 Å². The molecule has 0 aliphatic carbocycles. The second-order valence-electron chi connectivity index (χ2n) is 5.36. The normalized spacial score (nSPS) is 39.4. The third-order valence-corrected chi connectivity index (χ3v) is 6.51. The van der Waals surface area contributed by atoms with Gasteiger partial charge in [-0.1, -0.05) is 50.3 Å². The molecule has 1 heterocycles. The van der Waals surface area contributed by atoms with Crippen molar-refractivity contribution in [1.82, 2.24) is 5.32 Å². The zero-order chi connectivity index (χ0) is 10.9. The van der Waals surface area contributed by atoms with Crippen LogP contribution in [-0.2, 0) is 0 Å². The Morgan fingerprint density at radius 1 is 1.29 bits per heavy atom. The third-order valence-electron chi connectivity index (χ3n) is 3.79. The van der Waals surface area contributed by atoms with Gasteiger partial charge >= 0.3 is 0 Å². The smallest absolute Gasteiger partial charge is 0.0396 e. The molecule has 1 fully saturated rings. The van der Waals surface area contributed by atoms with Crippen LogP contribution in [0.5, 0.6) is 0 Å². The van der Waals surface area contributed by atoms with Gasteiger partial charge in [0.25, 0.3) is 0 Å². The fraction of sp³-hybridized carbons (Fsp3) is 1.00. The highest BCUT2D eigenvalue weighted by molar-refractivity contribution is 14.1. The molecule has 1 aliphatic heterocycles. The quantitative estimate of drug-likeness (QED) is 0.607. The van der Waals surface area contributed by atoms with Crippen LogP contribution in [-0.4, -0.2) is 15.5 Å². The fourth-order valence-electron chi connectivity index (χ4n) is 2.45. The Morgan fingerprint density at radius 2 is 1.86 bits per heavy atom. The number of piperidine rings is 1. The molecule has 1 saturated heterocycles. The molecule has 3 atom stereocenters. The Labute approximate surface area is 103 Å². The van der Waals surface area contributed by atoms with Gasteiger partial charge in [-0.25, -0.2) is 0 Å². The molecule has 0 amide bonds. The summed E-state index contributed by atoms with van der Waals surface area (Å²) in [4.78, 5) is 0. The van der Waals surface area contributed by atoms with Gasteiger partial charge in [0.1, 0.15) is 0 Å². The Morgan fingerprint density at radius 3 is 2.21 bits per heavy atom. The first kappa shape index (κ1) is 12.8. The summed E-state index contributed by atoms with van der Waals surface area (Å²) in [6, 6.07) is 1.37. The molecule has 1 N–H and O–H groups in total. The number of rotatable bonds is 2. The third kappa shape index (κ3) is 2.43. The summed E-state index contributed by atoms with van der Waals surface area (Å²) in [5.74, 6) is 1.53. The van der Waals surface area contributed by atoms with Crippen molar-refractivity contribution in [2.75, 3.05) is 0 Å². The van der Waals surface area contributed by atoms with E-state index in [1.54, 1.807) is 0 Å². The van der Waals surface area contributed by atoms with Crippen LogP contribution in [0.25, 0.3) is 0 Å². The molecule has 1 rings (SSSR count). The van der Waals surface area contributed by atoms with Crippen molar-refractivity contribution in [3.05, 3.63) is 0 Å². The average Bonchev–Trinajstić information content (AvgIpc) is 2.09. The minimum Gasteiger partial charge on any atom is -0.310 e. The van der Waals surface area contributed by atoms with Crippen molar-refractivity contribution in [2.24, 2.45) is 11.8 Å². The highest BCUT2D eigenvalue weighted by Gasteiger charge is 2.41. The van der Waals surface area contributed by atoms with Crippen molar-refractivity contribution in [1.29, 1.82) is 0 Å². The number of hydrogen-bond donors (Lipinski definition) is 1. The van der Waals surface area contributed by atoms with Gasteiger partial charge in [-0.3, -0.25) is 0 Å². The molecule has 1 nitrogen and oxygen atoms in total. The minimum atomic E-state index is 0.461. The van der Waals surface area contributed by atoms with E-state index in [4.69, 9.17) is 0 Å². The van der Waals surface area contributed by atoms with Gasteiger partial charge in [-0.2, -0.15) is 0 Å². The molecule has 0 spiro atoms. The van der Waals surface area contributed by atoms with E-state index in [2.05, 4.69) is 62.5 Å². The standard InChI is InChI=1S/C12H24IN/c1-8(2)11-6-7-12(13,9(3)4)10(5)14-11/h8-11,14H,6-7H2,1-5H3. The molecule has 0 saturated carbocycles. The predicted octanol–water partition coefficient (Wildman–Crippen LogP) is 3.61. The zero-order valence-corrected chi connectivity index (χ0v) is 12.3. The second kappa shape index (κ2) is 4.69. The lowest BCUT2D eigenvalue weighted by Gasteiger charge is -2.46. The monoisotopic (exact) mass is 309 g/mol. The maximum absolute atomic E-state index is 3.78. The molecular weight excluding hydrogens is 285 g/mol. The van der Waals surface area contributed by atoms with E-state index in [1.165, 1.54) is 12.8 Å². The first-order chi connectivity index (χ1) is 6.38. The van der Waals surface area contributed by atoms with E-state index >= 15 is 0 Å². The number of hydrogen-bond acceptors (Lipinski definition) is 1. The highest BCUT2D eigenvalue weighted by Crippen LogP contribution is 2.40. The van der Waals surface area contributed by atoms with Crippen LogP contribution in [0.2, 0.25) is 0 Å². The number of nitrogens with one attached hydrogen (secondary N) is 1. The largest absolute Gasteiger partial charge is 0.310 e. The Balaban J connectivity index is 2.64. The van der Waals surface area contributed by atoms with Gasteiger partial charge in [0, 0.05) is 15.5 Å². The van der Waals surface area contributed by atoms with Gasteiger partial charge in [0.2, 0.25) is 0 Å². The van der Waals surface area contributed by atoms with E-state index in [1.807, 2.05) is 0 Å². The first-order valence-corrected chi connectivity index (χ1v) is 6.90. The molecule has 84 valence electrons. The molecule has 14 heavy (non-hydrogen) atoms. The molecule has 0 bridgehead atoms. The second-order valence-corrected chi connectivity index (χ2v) is 7.37. The lowest BCUT2D eigenvalue weighted by atomic mass is 9.78. The molecule has 1 aliphatic rings. The molecule has 0 radical (unpaired) electrons.